The van der Waals surface area contributed by atoms with Crippen molar-refractivity contribution in [3.63, 3.8) is 0 Å². The maximum Gasteiger partial charge on any atom is 0.243 e. The molecule has 0 bridgehead atoms. The summed E-state index contributed by atoms with van der Waals surface area (Å²) in [6.45, 7) is 0.722. The zero-order valence-electron chi connectivity index (χ0n) is 20.1. The Labute approximate surface area is 206 Å². The molecular weight excluding hydrogens is 464 g/mol. The van der Waals surface area contributed by atoms with Crippen molar-refractivity contribution in [1.82, 2.24) is 9.21 Å². The fourth-order valence-corrected chi connectivity index (χ4v) is 6.11. The first-order valence-corrected chi connectivity index (χ1v) is 12.8. The van der Waals surface area contributed by atoms with Gasteiger partial charge in [-0.2, -0.15) is 4.31 Å². The van der Waals surface area contributed by atoms with E-state index in [-0.39, 0.29) is 29.8 Å². The molecule has 3 aromatic carbocycles. The molecular formula is C27H30N2O5S. The van der Waals surface area contributed by atoms with E-state index in [4.69, 9.17) is 9.47 Å². The number of benzene rings is 3. The molecule has 4 rings (SSSR count). The van der Waals surface area contributed by atoms with E-state index in [1.165, 1.54) is 23.5 Å². The third-order valence-corrected chi connectivity index (χ3v) is 8.32. The quantitative estimate of drug-likeness (QED) is 0.477. The lowest BCUT2D eigenvalue weighted by molar-refractivity contribution is -0.134. The molecule has 0 saturated carbocycles. The Balaban J connectivity index is 1.66. The first-order valence-electron chi connectivity index (χ1n) is 11.4. The van der Waals surface area contributed by atoms with Crippen LogP contribution in [0.3, 0.4) is 0 Å². The van der Waals surface area contributed by atoms with Crippen molar-refractivity contribution in [2.75, 3.05) is 34.4 Å². The third-order valence-electron chi connectivity index (χ3n) is 6.48. The summed E-state index contributed by atoms with van der Waals surface area (Å²) in [6.07, 6.45) is 0. The normalized spacial score (nSPS) is 18.3. The minimum absolute atomic E-state index is 0.0923. The van der Waals surface area contributed by atoms with Crippen LogP contribution in [0.1, 0.15) is 17.0 Å². The van der Waals surface area contributed by atoms with Gasteiger partial charge in [-0.3, -0.25) is 4.79 Å². The second-order valence-electron chi connectivity index (χ2n) is 8.63. The summed E-state index contributed by atoms with van der Waals surface area (Å²) >= 11 is 0. The monoisotopic (exact) mass is 494 g/mol. The zero-order chi connectivity index (χ0) is 25.0. The van der Waals surface area contributed by atoms with E-state index < -0.39 is 15.9 Å². The average molecular weight is 495 g/mol. The third kappa shape index (κ3) is 5.18. The predicted molar refractivity (Wildman–Crippen MR) is 134 cm³/mol. The van der Waals surface area contributed by atoms with E-state index in [1.54, 1.807) is 31.2 Å². The molecule has 2 atom stereocenters. The Kier molecular flexibility index (Phi) is 7.42. The number of methoxy groups -OCH3 is 2. The summed E-state index contributed by atoms with van der Waals surface area (Å²) in [5, 5.41) is 0. The van der Waals surface area contributed by atoms with Gasteiger partial charge < -0.3 is 14.4 Å². The van der Waals surface area contributed by atoms with Crippen LogP contribution in [0, 0.1) is 5.92 Å². The molecule has 7 nitrogen and oxygen atoms in total. The van der Waals surface area contributed by atoms with E-state index in [2.05, 4.69) is 0 Å². The fraction of sp³-hybridized carbons (Fsp3) is 0.296. The van der Waals surface area contributed by atoms with E-state index in [0.29, 0.717) is 18.0 Å². The van der Waals surface area contributed by atoms with E-state index >= 15 is 0 Å². The van der Waals surface area contributed by atoms with Gasteiger partial charge in [0.15, 0.2) is 0 Å². The Morgan fingerprint density at radius 2 is 1.57 bits per heavy atom. The number of ether oxygens (including phenoxy) is 2. The lowest BCUT2D eigenvalue weighted by Gasteiger charge is -2.25. The maximum absolute atomic E-state index is 13.7. The molecule has 3 aromatic rings. The molecule has 35 heavy (non-hydrogen) atoms. The van der Waals surface area contributed by atoms with Gasteiger partial charge in [0, 0.05) is 32.6 Å². The van der Waals surface area contributed by atoms with Crippen LogP contribution in [0.2, 0.25) is 0 Å². The molecule has 8 heteroatoms. The number of amides is 1. The van der Waals surface area contributed by atoms with E-state index in [1.807, 2.05) is 54.6 Å². The molecule has 2 unspecified atom stereocenters. The van der Waals surface area contributed by atoms with Crippen LogP contribution in [0.5, 0.6) is 11.5 Å². The minimum Gasteiger partial charge on any atom is -0.497 e. The largest absolute Gasteiger partial charge is 0.497 e. The van der Waals surface area contributed by atoms with Crippen molar-refractivity contribution < 1.29 is 22.7 Å². The van der Waals surface area contributed by atoms with Crippen LogP contribution in [-0.2, 0) is 21.4 Å². The first kappa shape index (κ1) is 24.8. The number of para-hydroxylation sites is 1. The SMILES string of the molecule is COc1ccc(S(=O)(=O)N2CC(C(=O)N(C)Cc3ccccc3)C(c3ccccc3OC)C2)cc1. The highest BCUT2D eigenvalue weighted by molar-refractivity contribution is 7.89. The van der Waals surface area contributed by atoms with E-state index in [9.17, 15) is 13.2 Å². The fourth-order valence-electron chi connectivity index (χ4n) is 4.62. The molecule has 1 fully saturated rings. The molecule has 1 heterocycles. The van der Waals surface area contributed by atoms with Gasteiger partial charge in [0.1, 0.15) is 11.5 Å². The summed E-state index contributed by atoms with van der Waals surface area (Å²) in [6, 6.07) is 23.5. The number of nitrogens with zero attached hydrogens (tertiary/aromatic N) is 2. The number of rotatable bonds is 8. The van der Waals surface area contributed by atoms with Crippen molar-refractivity contribution in [2.45, 2.75) is 17.4 Å². The number of hydrogen-bond acceptors (Lipinski definition) is 5. The highest BCUT2D eigenvalue weighted by Gasteiger charge is 2.45. The molecule has 1 aliphatic rings. The molecule has 1 saturated heterocycles. The van der Waals surface area contributed by atoms with Crippen molar-refractivity contribution in [2.24, 2.45) is 5.92 Å². The molecule has 184 valence electrons. The molecule has 0 aliphatic carbocycles. The van der Waals surface area contributed by atoms with Gasteiger partial charge in [0.2, 0.25) is 15.9 Å². The number of sulfonamides is 1. The second-order valence-corrected chi connectivity index (χ2v) is 10.6. The maximum atomic E-state index is 13.7. The Hall–Kier alpha value is -3.36. The molecule has 0 N–H and O–H groups in total. The summed E-state index contributed by atoms with van der Waals surface area (Å²) in [5.74, 6) is 0.229. The van der Waals surface area contributed by atoms with Gasteiger partial charge >= 0.3 is 0 Å². The van der Waals surface area contributed by atoms with Crippen LogP contribution in [-0.4, -0.2) is 57.9 Å². The Morgan fingerprint density at radius 1 is 0.914 bits per heavy atom. The van der Waals surface area contributed by atoms with Gasteiger partial charge in [-0.25, -0.2) is 8.42 Å². The average Bonchev–Trinajstić information content (AvgIpc) is 3.35. The highest BCUT2D eigenvalue weighted by atomic mass is 32.2. The van der Waals surface area contributed by atoms with Gasteiger partial charge in [-0.05, 0) is 41.5 Å². The van der Waals surface area contributed by atoms with Crippen molar-refractivity contribution in [1.29, 1.82) is 0 Å². The van der Waals surface area contributed by atoms with Gasteiger partial charge in [0.05, 0.1) is 25.0 Å². The molecule has 0 aromatic heterocycles. The van der Waals surface area contributed by atoms with Crippen LogP contribution >= 0.6 is 0 Å². The standard InChI is InChI=1S/C27H30N2O5S/c1-28(17-20-9-5-4-6-10-20)27(30)25-19-29(18-24(25)23-11-7-8-12-26(23)34-3)35(31,32)22-15-13-21(33-2)14-16-22/h4-16,24-25H,17-19H2,1-3H3. The molecule has 1 aliphatic heterocycles. The van der Waals surface area contributed by atoms with Gasteiger partial charge in [0.25, 0.3) is 0 Å². The van der Waals surface area contributed by atoms with Crippen molar-refractivity contribution in [3.05, 3.63) is 90.0 Å². The van der Waals surface area contributed by atoms with Gasteiger partial charge in [-0.15, -0.1) is 0 Å². The summed E-state index contributed by atoms with van der Waals surface area (Å²) in [5.41, 5.74) is 1.84. The summed E-state index contributed by atoms with van der Waals surface area (Å²) < 4.78 is 39.2. The molecule has 1 amide bonds. The zero-order valence-corrected chi connectivity index (χ0v) is 20.9. The van der Waals surface area contributed by atoms with Crippen LogP contribution in [0.15, 0.2) is 83.8 Å². The highest BCUT2D eigenvalue weighted by Crippen LogP contribution is 2.40. The molecule has 0 spiro atoms. The predicted octanol–water partition coefficient (Wildman–Crippen LogP) is 3.77. The minimum atomic E-state index is -3.81. The van der Waals surface area contributed by atoms with E-state index in [0.717, 1.165) is 11.1 Å². The number of carbonyl (C=O) groups is 1. The lowest BCUT2D eigenvalue weighted by Crippen LogP contribution is -2.36. The topological polar surface area (TPSA) is 76.2 Å². The smallest absolute Gasteiger partial charge is 0.243 e. The van der Waals surface area contributed by atoms with Gasteiger partial charge in [-0.1, -0.05) is 48.5 Å². The number of carbonyl (C=O) groups excluding carboxylic acids is 1. The first-order chi connectivity index (χ1) is 16.8. The summed E-state index contributed by atoms with van der Waals surface area (Å²) in [4.78, 5) is 15.5. The van der Waals surface area contributed by atoms with Crippen LogP contribution in [0.4, 0.5) is 0 Å². The van der Waals surface area contributed by atoms with Crippen LogP contribution < -0.4 is 9.47 Å². The Morgan fingerprint density at radius 3 is 2.23 bits per heavy atom. The lowest BCUT2D eigenvalue weighted by atomic mass is 9.87. The van der Waals surface area contributed by atoms with Crippen LogP contribution in [0.25, 0.3) is 0 Å². The summed E-state index contributed by atoms with van der Waals surface area (Å²) in [7, 11) is 1.06. The Bertz CT molecular complexity index is 1260. The molecule has 0 radical (unpaired) electrons. The number of hydrogen-bond donors (Lipinski definition) is 0. The van der Waals surface area contributed by atoms with Crippen molar-refractivity contribution in [3.8, 4) is 11.5 Å². The second kappa shape index (κ2) is 10.5. The van der Waals surface area contributed by atoms with Crippen molar-refractivity contribution >= 4 is 15.9 Å².